The fourth-order valence-electron chi connectivity index (χ4n) is 3.24. The quantitative estimate of drug-likeness (QED) is 0.514. The summed E-state index contributed by atoms with van der Waals surface area (Å²) in [5.74, 6) is -1.27. The van der Waals surface area contributed by atoms with Crippen molar-refractivity contribution in [2.75, 3.05) is 18.8 Å². The number of amides is 1. The van der Waals surface area contributed by atoms with Gasteiger partial charge in [-0.15, -0.1) is 0 Å². The molecule has 1 aliphatic rings. The van der Waals surface area contributed by atoms with Crippen molar-refractivity contribution in [3.63, 3.8) is 0 Å². The summed E-state index contributed by atoms with van der Waals surface area (Å²) in [4.78, 5) is 55.5. The first-order chi connectivity index (χ1) is 14.9. The number of Topliss-reactive ketones (excluding diaryl/α,β-unsaturated/α-hetero) is 1. The van der Waals surface area contributed by atoms with Crippen molar-refractivity contribution in [2.45, 2.75) is 26.3 Å². The molecule has 160 valence electrons. The Labute approximate surface area is 179 Å². The second-order valence-corrected chi connectivity index (χ2v) is 7.21. The number of rotatable bonds is 8. The molecule has 0 bridgehead atoms. The maximum atomic E-state index is 13.2. The minimum absolute atomic E-state index is 0.00108. The molecule has 2 aromatic rings. The van der Waals surface area contributed by atoms with Gasteiger partial charge in [0.2, 0.25) is 17.5 Å². The van der Waals surface area contributed by atoms with Crippen LogP contribution in [-0.2, 0) is 20.9 Å². The average molecular weight is 420 g/mol. The lowest BCUT2D eigenvalue weighted by atomic mass is 10.0. The van der Waals surface area contributed by atoms with Crippen LogP contribution in [0.2, 0.25) is 0 Å². The van der Waals surface area contributed by atoms with Crippen LogP contribution in [0.4, 0.5) is 5.69 Å². The maximum Gasteiger partial charge on any atom is 0.277 e. The molecule has 8 heteroatoms. The van der Waals surface area contributed by atoms with E-state index in [-0.39, 0.29) is 30.3 Å². The third kappa shape index (κ3) is 5.03. The van der Waals surface area contributed by atoms with E-state index in [1.807, 2.05) is 25.1 Å². The van der Waals surface area contributed by atoms with E-state index in [0.717, 1.165) is 6.42 Å². The van der Waals surface area contributed by atoms with Gasteiger partial charge in [0, 0.05) is 24.2 Å². The number of hydrogen-bond donors (Lipinski definition) is 1. The van der Waals surface area contributed by atoms with Crippen molar-refractivity contribution in [3.8, 4) is 11.4 Å². The maximum absolute atomic E-state index is 13.2. The highest BCUT2D eigenvalue weighted by molar-refractivity contribution is 6.48. The van der Waals surface area contributed by atoms with Gasteiger partial charge in [0.15, 0.2) is 0 Å². The van der Waals surface area contributed by atoms with E-state index in [1.54, 1.807) is 18.2 Å². The van der Waals surface area contributed by atoms with E-state index in [4.69, 9.17) is 5.73 Å². The molecule has 8 nitrogen and oxygen atoms in total. The van der Waals surface area contributed by atoms with Crippen molar-refractivity contribution in [3.05, 3.63) is 70.7 Å². The van der Waals surface area contributed by atoms with Gasteiger partial charge < -0.3 is 10.6 Å². The summed E-state index contributed by atoms with van der Waals surface area (Å²) in [6, 6.07) is 9.03. The van der Waals surface area contributed by atoms with Crippen LogP contribution in [0.5, 0.6) is 0 Å². The first-order valence-corrected chi connectivity index (χ1v) is 10.1. The third-order valence-corrected chi connectivity index (χ3v) is 4.96. The van der Waals surface area contributed by atoms with Gasteiger partial charge in [-0.05, 0) is 12.5 Å². The predicted octanol–water partition coefficient (Wildman–Crippen LogP) is 1.76. The molecule has 2 N–H and O–H groups in total. The number of allylic oxidation sites excluding steroid dienone is 3. The largest absolute Gasteiger partial charge is 0.393 e. The van der Waals surface area contributed by atoms with E-state index >= 15 is 0 Å². The zero-order valence-corrected chi connectivity index (χ0v) is 17.3. The lowest BCUT2D eigenvalue weighted by Gasteiger charge is -2.25. The van der Waals surface area contributed by atoms with Crippen LogP contribution in [0.1, 0.15) is 19.8 Å². The standard InChI is InChI=1S/C23H24N4O4/c1-2-3-12-26(14-17-10-7-11-19(28)21(17)30)20(29)15-27-22(16-8-5-4-6-9-16)25-13-18(24)23(27)31/h4-11,13H,2-3,12,14-15,24H2,1H3. The van der Waals surface area contributed by atoms with Gasteiger partial charge in [-0.1, -0.05) is 55.8 Å². The minimum atomic E-state index is -0.621. The molecule has 1 heterocycles. The Morgan fingerprint density at radius 1 is 1.16 bits per heavy atom. The molecule has 1 amide bonds. The van der Waals surface area contributed by atoms with Crippen molar-refractivity contribution in [1.29, 1.82) is 0 Å². The summed E-state index contributed by atoms with van der Waals surface area (Å²) >= 11 is 0. The van der Waals surface area contributed by atoms with E-state index in [2.05, 4.69) is 4.98 Å². The van der Waals surface area contributed by atoms with Crippen LogP contribution >= 0.6 is 0 Å². The summed E-state index contributed by atoms with van der Waals surface area (Å²) in [6.45, 7) is 2.10. The molecule has 31 heavy (non-hydrogen) atoms. The molecule has 0 radical (unpaired) electrons. The van der Waals surface area contributed by atoms with Gasteiger partial charge in [0.25, 0.3) is 5.56 Å². The van der Waals surface area contributed by atoms with Crippen LogP contribution < -0.4 is 11.3 Å². The zero-order chi connectivity index (χ0) is 22.4. The van der Waals surface area contributed by atoms with Crippen LogP contribution in [0.25, 0.3) is 11.4 Å². The first-order valence-electron chi connectivity index (χ1n) is 10.1. The second-order valence-electron chi connectivity index (χ2n) is 7.21. The van der Waals surface area contributed by atoms with Crippen molar-refractivity contribution in [2.24, 2.45) is 0 Å². The number of unbranched alkanes of at least 4 members (excludes halogenated alkanes) is 1. The lowest BCUT2D eigenvalue weighted by molar-refractivity contribution is -0.133. The molecular weight excluding hydrogens is 396 g/mol. The SMILES string of the molecule is CCCCN(CC1=CC=CC(=O)C1=O)C(=O)Cn1c(-c2ccccc2)ncc(N)c1=O. The van der Waals surface area contributed by atoms with Crippen LogP contribution in [0, 0.1) is 0 Å². The zero-order valence-electron chi connectivity index (χ0n) is 17.3. The van der Waals surface area contributed by atoms with Crippen molar-refractivity contribution >= 4 is 23.2 Å². The van der Waals surface area contributed by atoms with Crippen LogP contribution in [0.15, 0.2) is 65.1 Å². The number of ketones is 2. The predicted molar refractivity (Wildman–Crippen MR) is 117 cm³/mol. The van der Waals surface area contributed by atoms with Gasteiger partial charge >= 0.3 is 0 Å². The summed E-state index contributed by atoms with van der Waals surface area (Å²) in [5, 5.41) is 0. The average Bonchev–Trinajstić information content (AvgIpc) is 2.77. The van der Waals surface area contributed by atoms with Crippen LogP contribution in [-0.4, -0.2) is 45.0 Å². The Bertz CT molecular complexity index is 1120. The van der Waals surface area contributed by atoms with Gasteiger partial charge in [0.05, 0.1) is 6.20 Å². The highest BCUT2D eigenvalue weighted by Crippen LogP contribution is 2.16. The Kier molecular flexibility index (Phi) is 6.92. The molecule has 0 aliphatic heterocycles. The van der Waals surface area contributed by atoms with Gasteiger partial charge in [-0.25, -0.2) is 4.98 Å². The molecule has 3 rings (SSSR count). The molecule has 1 aliphatic carbocycles. The smallest absolute Gasteiger partial charge is 0.277 e. The Morgan fingerprint density at radius 3 is 2.61 bits per heavy atom. The number of anilines is 1. The number of benzene rings is 1. The molecule has 0 saturated heterocycles. The fourth-order valence-corrected chi connectivity index (χ4v) is 3.24. The van der Waals surface area contributed by atoms with Gasteiger partial charge in [-0.3, -0.25) is 23.7 Å². The summed E-state index contributed by atoms with van der Waals surface area (Å²) in [6.07, 6.45) is 7.08. The summed E-state index contributed by atoms with van der Waals surface area (Å²) < 4.78 is 1.24. The Morgan fingerprint density at radius 2 is 1.90 bits per heavy atom. The number of aromatic nitrogens is 2. The van der Waals surface area contributed by atoms with E-state index < -0.39 is 17.1 Å². The normalized spacial score (nSPS) is 13.3. The number of nitrogens with two attached hydrogens (primary N) is 1. The fraction of sp³-hybridized carbons (Fsp3) is 0.261. The van der Waals surface area contributed by atoms with E-state index in [1.165, 1.54) is 27.8 Å². The highest BCUT2D eigenvalue weighted by Gasteiger charge is 2.24. The summed E-state index contributed by atoms with van der Waals surface area (Å²) in [7, 11) is 0. The Balaban J connectivity index is 1.91. The van der Waals surface area contributed by atoms with Crippen LogP contribution in [0.3, 0.4) is 0 Å². The molecule has 0 spiro atoms. The molecule has 0 unspecified atom stereocenters. The number of nitrogens with zero attached hydrogens (tertiary/aromatic N) is 3. The monoisotopic (exact) mass is 420 g/mol. The molecule has 1 aromatic heterocycles. The van der Waals surface area contributed by atoms with Gasteiger partial charge in [-0.2, -0.15) is 0 Å². The topological polar surface area (TPSA) is 115 Å². The van der Waals surface area contributed by atoms with Gasteiger partial charge in [0.1, 0.15) is 18.1 Å². The Hall–Kier alpha value is -3.81. The minimum Gasteiger partial charge on any atom is -0.393 e. The molecule has 1 aromatic carbocycles. The van der Waals surface area contributed by atoms with E-state index in [9.17, 15) is 19.2 Å². The number of hydrogen-bond acceptors (Lipinski definition) is 6. The molecule has 0 fully saturated rings. The number of carbonyl (C=O) groups is 3. The highest BCUT2D eigenvalue weighted by atomic mass is 16.2. The summed E-state index contributed by atoms with van der Waals surface area (Å²) in [5.41, 5.74) is 6.11. The molecule has 0 saturated carbocycles. The molecular formula is C23H24N4O4. The first kappa shape index (κ1) is 21.9. The number of carbonyl (C=O) groups excluding carboxylic acids is 3. The lowest BCUT2D eigenvalue weighted by Crippen LogP contribution is -2.40. The second kappa shape index (κ2) is 9.80. The third-order valence-electron chi connectivity index (χ3n) is 4.96. The van der Waals surface area contributed by atoms with Crippen molar-refractivity contribution < 1.29 is 14.4 Å². The van der Waals surface area contributed by atoms with E-state index in [0.29, 0.717) is 24.4 Å². The molecule has 0 atom stereocenters. The number of nitrogen functional groups attached to an aromatic ring is 1. The van der Waals surface area contributed by atoms with Crippen molar-refractivity contribution in [1.82, 2.24) is 14.5 Å².